The number of phenols is 1. The minimum Gasteiger partial charge on any atom is -0.508 e. The van der Waals surface area contributed by atoms with Crippen LogP contribution < -0.4 is 4.90 Å². The van der Waals surface area contributed by atoms with Crippen molar-refractivity contribution in [2.24, 2.45) is 0 Å². The molecule has 1 aliphatic rings. The molecule has 0 atom stereocenters. The molecule has 1 saturated heterocycles. The van der Waals surface area contributed by atoms with Crippen molar-refractivity contribution in [1.29, 1.82) is 0 Å². The fourth-order valence-electron chi connectivity index (χ4n) is 2.65. The highest BCUT2D eigenvalue weighted by Gasteiger charge is 2.36. The van der Waals surface area contributed by atoms with E-state index in [1.54, 1.807) is 30.3 Å². The van der Waals surface area contributed by atoms with Crippen LogP contribution >= 0.6 is 11.8 Å². The van der Waals surface area contributed by atoms with Crippen LogP contribution in [0.3, 0.4) is 0 Å². The first-order valence-corrected chi connectivity index (χ1v) is 9.06. The number of carbonyl (C=O) groups is 2. The Labute approximate surface area is 151 Å². The molecule has 2 aromatic rings. The molecule has 4 nitrogen and oxygen atoms in total. The van der Waals surface area contributed by atoms with Gasteiger partial charge < -0.3 is 5.11 Å². The summed E-state index contributed by atoms with van der Waals surface area (Å²) in [4.78, 5) is 26.5. The molecule has 0 spiro atoms. The van der Waals surface area contributed by atoms with Crippen LogP contribution in [0.5, 0.6) is 5.75 Å². The normalized spacial score (nSPS) is 16.0. The van der Waals surface area contributed by atoms with Crippen molar-refractivity contribution in [2.75, 3.05) is 4.90 Å². The molecule has 1 N–H and O–H groups in total. The number of hydrogen-bond acceptors (Lipinski definition) is 4. The van der Waals surface area contributed by atoms with E-state index in [4.69, 9.17) is 0 Å². The fourth-order valence-corrected chi connectivity index (χ4v) is 3.49. The van der Waals surface area contributed by atoms with E-state index in [2.05, 4.69) is 6.92 Å². The Morgan fingerprint density at radius 3 is 2.56 bits per heavy atom. The molecule has 0 unspecified atom stereocenters. The van der Waals surface area contributed by atoms with Crippen molar-refractivity contribution < 1.29 is 14.7 Å². The number of anilines is 1. The smallest absolute Gasteiger partial charge is 0.298 e. The maximum Gasteiger partial charge on any atom is 0.298 e. The Kier molecular flexibility index (Phi) is 5.24. The molecular weight excluding hydrogens is 334 g/mol. The molecule has 25 heavy (non-hydrogen) atoms. The van der Waals surface area contributed by atoms with Gasteiger partial charge in [-0.2, -0.15) is 0 Å². The summed E-state index contributed by atoms with van der Waals surface area (Å²) >= 11 is 0.912. The number of benzene rings is 2. The minimum absolute atomic E-state index is 0.121. The average Bonchev–Trinajstić information content (AvgIpc) is 2.87. The van der Waals surface area contributed by atoms with Crippen LogP contribution in [-0.2, 0) is 11.2 Å². The van der Waals surface area contributed by atoms with E-state index in [0.29, 0.717) is 16.2 Å². The summed E-state index contributed by atoms with van der Waals surface area (Å²) in [5.41, 5.74) is 2.47. The SMILES string of the molecule is CCCCc1ccc(N2C(=O)S/C(=C\c3cccc(O)c3)C2=O)cc1. The van der Waals surface area contributed by atoms with Crippen LogP contribution in [0.1, 0.15) is 30.9 Å². The Morgan fingerprint density at radius 1 is 1.12 bits per heavy atom. The summed E-state index contributed by atoms with van der Waals surface area (Å²) in [6.45, 7) is 2.15. The molecule has 128 valence electrons. The van der Waals surface area contributed by atoms with Gasteiger partial charge in [-0.3, -0.25) is 9.59 Å². The van der Waals surface area contributed by atoms with Gasteiger partial charge in [0, 0.05) is 0 Å². The number of rotatable bonds is 5. The molecule has 3 rings (SSSR count). The second-order valence-electron chi connectivity index (χ2n) is 5.88. The molecule has 0 radical (unpaired) electrons. The predicted molar refractivity (Wildman–Crippen MR) is 102 cm³/mol. The van der Waals surface area contributed by atoms with Crippen LogP contribution in [0.2, 0.25) is 0 Å². The van der Waals surface area contributed by atoms with Gasteiger partial charge in [-0.15, -0.1) is 0 Å². The zero-order valence-corrected chi connectivity index (χ0v) is 14.8. The Balaban J connectivity index is 1.81. The van der Waals surface area contributed by atoms with Crippen molar-refractivity contribution in [3.63, 3.8) is 0 Å². The lowest BCUT2D eigenvalue weighted by atomic mass is 10.1. The molecule has 1 heterocycles. The lowest BCUT2D eigenvalue weighted by Gasteiger charge is -2.13. The molecule has 0 bridgehead atoms. The third kappa shape index (κ3) is 3.94. The highest BCUT2D eigenvalue weighted by molar-refractivity contribution is 8.19. The zero-order valence-electron chi connectivity index (χ0n) is 13.9. The van der Waals surface area contributed by atoms with Crippen LogP contribution in [0, 0.1) is 0 Å². The Morgan fingerprint density at radius 2 is 1.88 bits per heavy atom. The molecule has 2 amide bonds. The topological polar surface area (TPSA) is 57.6 Å². The first-order valence-electron chi connectivity index (χ1n) is 8.24. The van der Waals surface area contributed by atoms with Crippen molar-refractivity contribution in [3.8, 4) is 5.75 Å². The average molecular weight is 353 g/mol. The number of aryl methyl sites for hydroxylation is 1. The van der Waals surface area contributed by atoms with E-state index < -0.39 is 0 Å². The van der Waals surface area contributed by atoms with Gasteiger partial charge in [0.05, 0.1) is 10.6 Å². The molecule has 5 heteroatoms. The lowest BCUT2D eigenvalue weighted by molar-refractivity contribution is -0.113. The van der Waals surface area contributed by atoms with Crippen molar-refractivity contribution in [3.05, 3.63) is 64.6 Å². The molecule has 0 saturated carbocycles. The molecular formula is C20H19NO3S. The van der Waals surface area contributed by atoms with Gasteiger partial charge in [0.2, 0.25) is 0 Å². The standard InChI is InChI=1S/C20H19NO3S/c1-2-3-5-14-8-10-16(11-9-14)21-19(23)18(25-20(21)24)13-15-6-4-7-17(22)12-15/h4,6-13,22H,2-3,5H2,1H3/b18-13-. The first kappa shape index (κ1) is 17.3. The molecule has 1 fully saturated rings. The minimum atomic E-state index is -0.334. The predicted octanol–water partition coefficient (Wildman–Crippen LogP) is 4.98. The summed E-state index contributed by atoms with van der Waals surface area (Å²) in [7, 11) is 0. The Hall–Kier alpha value is -2.53. The van der Waals surface area contributed by atoms with Gasteiger partial charge in [0.1, 0.15) is 5.75 Å². The summed E-state index contributed by atoms with van der Waals surface area (Å²) in [5, 5.41) is 9.22. The number of nitrogens with zero attached hydrogens (tertiary/aromatic N) is 1. The number of imide groups is 1. The molecule has 2 aromatic carbocycles. The highest BCUT2D eigenvalue weighted by atomic mass is 32.2. The number of amides is 2. The van der Waals surface area contributed by atoms with Crippen LogP contribution in [0.15, 0.2) is 53.4 Å². The van der Waals surface area contributed by atoms with E-state index in [9.17, 15) is 14.7 Å². The largest absolute Gasteiger partial charge is 0.508 e. The number of thioether (sulfide) groups is 1. The van der Waals surface area contributed by atoms with Crippen LogP contribution in [0.25, 0.3) is 6.08 Å². The number of aromatic hydroxyl groups is 1. The number of hydrogen-bond donors (Lipinski definition) is 1. The summed E-state index contributed by atoms with van der Waals surface area (Å²) in [5.74, 6) is -0.213. The quantitative estimate of drug-likeness (QED) is 0.771. The van der Waals surface area contributed by atoms with E-state index in [-0.39, 0.29) is 16.9 Å². The van der Waals surface area contributed by atoms with E-state index in [1.807, 2.05) is 24.3 Å². The van der Waals surface area contributed by atoms with Crippen molar-refractivity contribution in [1.82, 2.24) is 0 Å². The third-order valence-electron chi connectivity index (χ3n) is 3.98. The second-order valence-corrected chi connectivity index (χ2v) is 6.88. The Bertz CT molecular complexity index is 827. The van der Waals surface area contributed by atoms with Gasteiger partial charge in [0.15, 0.2) is 0 Å². The molecule has 1 aliphatic heterocycles. The third-order valence-corrected chi connectivity index (χ3v) is 4.84. The van der Waals surface area contributed by atoms with Gasteiger partial charge in [-0.25, -0.2) is 4.90 Å². The highest BCUT2D eigenvalue weighted by Crippen LogP contribution is 2.36. The fraction of sp³-hybridized carbons (Fsp3) is 0.200. The van der Waals surface area contributed by atoms with Gasteiger partial charge in [-0.05, 0) is 66.1 Å². The van der Waals surface area contributed by atoms with Gasteiger partial charge in [0.25, 0.3) is 11.1 Å². The zero-order chi connectivity index (χ0) is 17.8. The van der Waals surface area contributed by atoms with Crippen LogP contribution in [0.4, 0.5) is 10.5 Å². The number of phenolic OH excluding ortho intramolecular Hbond substituents is 1. The lowest BCUT2D eigenvalue weighted by Crippen LogP contribution is -2.27. The maximum atomic E-state index is 12.6. The van der Waals surface area contributed by atoms with E-state index >= 15 is 0 Å². The number of carbonyl (C=O) groups excluding carboxylic acids is 2. The van der Waals surface area contributed by atoms with Gasteiger partial charge in [-0.1, -0.05) is 37.6 Å². The summed E-state index contributed by atoms with van der Waals surface area (Å²) < 4.78 is 0. The molecule has 0 aliphatic carbocycles. The summed E-state index contributed by atoms with van der Waals surface area (Å²) in [6, 6.07) is 14.1. The van der Waals surface area contributed by atoms with Crippen molar-refractivity contribution in [2.45, 2.75) is 26.2 Å². The first-order chi connectivity index (χ1) is 12.1. The van der Waals surface area contributed by atoms with Gasteiger partial charge >= 0.3 is 0 Å². The maximum absolute atomic E-state index is 12.6. The second kappa shape index (κ2) is 7.57. The number of unbranched alkanes of at least 4 members (excludes halogenated alkanes) is 1. The van der Waals surface area contributed by atoms with E-state index in [1.165, 1.54) is 10.5 Å². The van der Waals surface area contributed by atoms with Crippen molar-refractivity contribution >= 4 is 34.7 Å². The monoisotopic (exact) mass is 353 g/mol. The summed E-state index contributed by atoms with van der Waals surface area (Å²) in [6.07, 6.45) is 4.87. The van der Waals surface area contributed by atoms with Crippen LogP contribution in [-0.4, -0.2) is 16.3 Å². The van der Waals surface area contributed by atoms with E-state index in [0.717, 1.165) is 31.0 Å². The molecule has 0 aromatic heterocycles.